The first kappa shape index (κ1) is 47.6. The van der Waals surface area contributed by atoms with Crippen molar-refractivity contribution in [1.29, 1.82) is 0 Å². The fraction of sp³-hybridized carbons (Fsp3) is 0.367. The Kier molecular flexibility index (Phi) is 14.2. The summed E-state index contributed by atoms with van der Waals surface area (Å²) in [5.74, 6) is -9.94. The second-order valence-electron chi connectivity index (χ2n) is 16.8. The van der Waals surface area contributed by atoms with Crippen LogP contribution in [0.15, 0.2) is 96.1 Å². The number of aliphatic hydroxyl groups is 3. The van der Waals surface area contributed by atoms with Crippen molar-refractivity contribution in [2.24, 2.45) is 23.7 Å². The smallest absolute Gasteiger partial charge is 0.345 e. The van der Waals surface area contributed by atoms with Gasteiger partial charge in [0, 0.05) is 54.5 Å². The van der Waals surface area contributed by atoms with Gasteiger partial charge in [-0.25, -0.2) is 4.79 Å². The van der Waals surface area contributed by atoms with Gasteiger partial charge >= 0.3 is 11.8 Å². The van der Waals surface area contributed by atoms with E-state index in [4.69, 9.17) is 30.5 Å². The molecule has 4 aliphatic rings. The third-order valence-electron chi connectivity index (χ3n) is 12.3. The molecule has 64 heavy (non-hydrogen) atoms. The van der Waals surface area contributed by atoms with Crippen LogP contribution in [-0.4, -0.2) is 81.9 Å². The van der Waals surface area contributed by atoms with Crippen LogP contribution in [0.1, 0.15) is 94.1 Å². The number of amides is 1. The molecule has 0 radical (unpaired) electrons. The molecule has 1 amide bonds. The Morgan fingerprint density at radius 3 is 2.12 bits per heavy atom. The fourth-order valence-electron chi connectivity index (χ4n) is 8.09. The van der Waals surface area contributed by atoms with Crippen molar-refractivity contribution >= 4 is 46.5 Å². The Balaban J connectivity index is 1.57. The molecule has 5 N–H and O–H groups in total. The van der Waals surface area contributed by atoms with E-state index in [0.29, 0.717) is 5.69 Å². The van der Waals surface area contributed by atoms with Crippen LogP contribution >= 0.6 is 11.6 Å². The minimum atomic E-state index is -2.16. The van der Waals surface area contributed by atoms with Gasteiger partial charge in [0.05, 0.1) is 58.0 Å². The molecule has 15 heteroatoms. The van der Waals surface area contributed by atoms with Crippen LogP contribution in [0.2, 0.25) is 5.02 Å². The third-order valence-corrected chi connectivity index (χ3v) is 12.6. The van der Waals surface area contributed by atoms with Gasteiger partial charge in [0.2, 0.25) is 11.6 Å². The predicted octanol–water partition coefficient (Wildman–Crippen LogP) is 6.97. The minimum Gasteiger partial charge on any atom is -0.454 e. The van der Waals surface area contributed by atoms with Crippen molar-refractivity contribution in [2.75, 3.05) is 12.4 Å². The SMILES string of the molecule is CO[C@H]1C=CO[C@@]2(C)Oc3c(C)c(OC(=O)c4ccccc4Cl)c4c(c3C2=O)C(=O)C(Nc2ccc(C)cc2)=C(NC(=O)C(C)=CC=C[C@H](C)[C@H](O)[C@@H](C)[C@H](O)[C@H](C)[C@H](O)[C@@H]1C)C4=O. The number of aryl methyl sites for hydroxylation is 1. The van der Waals surface area contributed by atoms with Crippen molar-refractivity contribution in [3.05, 3.63) is 134 Å². The van der Waals surface area contributed by atoms with E-state index in [1.807, 2.05) is 6.92 Å². The van der Waals surface area contributed by atoms with Crippen molar-refractivity contribution in [1.82, 2.24) is 5.32 Å². The molecule has 0 fully saturated rings. The lowest BCUT2D eigenvalue weighted by Gasteiger charge is -2.36. The quantitative estimate of drug-likeness (QED) is 0.130. The Labute approximate surface area is 376 Å². The number of Topliss-reactive ketones (excluding diaryl/α,β-unsaturated/α-hetero) is 3. The van der Waals surface area contributed by atoms with E-state index in [0.717, 1.165) is 11.8 Å². The van der Waals surface area contributed by atoms with E-state index in [9.17, 15) is 29.7 Å². The number of fused-ring (bicyclic) bond motifs is 14. The lowest BCUT2D eigenvalue weighted by molar-refractivity contribution is -0.116. The number of anilines is 1. The molecule has 0 unspecified atom stereocenters. The maximum Gasteiger partial charge on any atom is 0.345 e. The first-order valence-corrected chi connectivity index (χ1v) is 21.3. The zero-order valence-electron chi connectivity index (χ0n) is 37.0. The molecule has 0 spiro atoms. The number of halogens is 1. The lowest BCUT2D eigenvalue weighted by Crippen LogP contribution is -2.45. The van der Waals surface area contributed by atoms with E-state index in [1.54, 1.807) is 76.2 Å². The summed E-state index contributed by atoms with van der Waals surface area (Å²) in [5.41, 5.74) is -0.907. The third kappa shape index (κ3) is 9.06. The van der Waals surface area contributed by atoms with Crippen LogP contribution in [0.25, 0.3) is 0 Å². The van der Waals surface area contributed by atoms with Gasteiger partial charge < -0.3 is 44.9 Å². The largest absolute Gasteiger partial charge is 0.454 e. The summed E-state index contributed by atoms with van der Waals surface area (Å²) >= 11 is 6.37. The molecule has 338 valence electrons. The fourth-order valence-corrected chi connectivity index (χ4v) is 8.30. The molecular formula is C49H53ClN2O12. The topological polar surface area (TPSA) is 207 Å². The zero-order chi connectivity index (χ0) is 46.9. The standard InChI is InChI=1S/C49H53ClN2O12/c1-23-17-19-30(20-18-23)51-37-38-43(57)35-34(42(37)56)36-45(29(7)44(35)63-48(60)31-15-10-11-16-32(31)50)64-49(8,46(36)58)62-22-21-33(61-9)26(4)40(54)28(6)41(55)27(5)39(53)24(2)13-12-14-25(3)47(59)52-38/h10-22,24,26-28,33,39-41,51,53-55H,1-9H3,(H,52,59)/t24-,26+,27+,28+,33-,39-,40+,41-,49-/m0/s1. The number of carbonyl (C=O) groups is 5. The summed E-state index contributed by atoms with van der Waals surface area (Å²) < 4.78 is 23.9. The molecule has 3 aliphatic heterocycles. The first-order valence-electron chi connectivity index (χ1n) is 20.9. The van der Waals surface area contributed by atoms with Gasteiger partial charge in [-0.1, -0.05) is 87.4 Å². The van der Waals surface area contributed by atoms with Crippen molar-refractivity contribution in [2.45, 2.75) is 85.6 Å². The number of ketones is 3. The highest BCUT2D eigenvalue weighted by Crippen LogP contribution is 2.49. The number of hydrogen-bond acceptors (Lipinski definition) is 13. The highest BCUT2D eigenvalue weighted by molar-refractivity contribution is 6.34. The van der Waals surface area contributed by atoms with Gasteiger partial charge in [-0.2, -0.15) is 0 Å². The van der Waals surface area contributed by atoms with Gasteiger partial charge in [-0.3, -0.25) is 19.2 Å². The normalized spacial score (nSPS) is 27.7. The monoisotopic (exact) mass is 896 g/mol. The van der Waals surface area contributed by atoms with E-state index in [2.05, 4.69) is 10.6 Å². The molecule has 7 rings (SSSR count). The molecule has 0 saturated carbocycles. The molecule has 0 saturated heterocycles. The van der Waals surface area contributed by atoms with Gasteiger partial charge in [0.25, 0.3) is 11.7 Å². The maximum absolute atomic E-state index is 15.1. The second-order valence-corrected chi connectivity index (χ2v) is 17.2. The number of hydrogen-bond donors (Lipinski definition) is 5. The number of benzene rings is 3. The number of ether oxygens (including phenoxy) is 4. The Hall–Kier alpha value is -5.90. The first-order chi connectivity index (χ1) is 30.2. The summed E-state index contributed by atoms with van der Waals surface area (Å²) in [7, 11) is 1.41. The van der Waals surface area contributed by atoms with Gasteiger partial charge in [0.1, 0.15) is 22.9 Å². The molecule has 1 aliphatic carbocycles. The number of carbonyl (C=O) groups excluding carboxylic acids is 5. The maximum atomic E-state index is 15.1. The van der Waals surface area contributed by atoms with Crippen LogP contribution in [0, 0.1) is 37.5 Å². The Bertz CT molecular complexity index is 2510. The number of rotatable bonds is 5. The number of aliphatic hydroxyl groups excluding tert-OH is 3. The molecule has 3 aromatic rings. The van der Waals surface area contributed by atoms with E-state index in [-0.39, 0.29) is 33.0 Å². The van der Waals surface area contributed by atoms with Crippen LogP contribution in [0.3, 0.4) is 0 Å². The summed E-state index contributed by atoms with van der Waals surface area (Å²) in [6, 6.07) is 12.9. The number of allylic oxidation sites excluding steroid dienone is 4. The average Bonchev–Trinajstić information content (AvgIpc) is 3.54. The second kappa shape index (κ2) is 19.1. The van der Waals surface area contributed by atoms with Crippen molar-refractivity contribution < 1.29 is 58.2 Å². The lowest BCUT2D eigenvalue weighted by atomic mass is 9.78. The van der Waals surface area contributed by atoms with Gasteiger partial charge in [-0.05, 0) is 51.1 Å². The van der Waals surface area contributed by atoms with E-state index < -0.39 is 111 Å². The predicted molar refractivity (Wildman–Crippen MR) is 238 cm³/mol. The highest BCUT2D eigenvalue weighted by atomic mass is 35.5. The molecule has 5 bridgehead atoms. The average molecular weight is 897 g/mol. The van der Waals surface area contributed by atoms with Crippen LogP contribution in [0.4, 0.5) is 5.69 Å². The molecule has 14 nitrogen and oxygen atoms in total. The highest BCUT2D eigenvalue weighted by Gasteiger charge is 2.53. The van der Waals surface area contributed by atoms with E-state index >= 15 is 9.59 Å². The van der Waals surface area contributed by atoms with Gasteiger partial charge in [0.15, 0.2) is 0 Å². The van der Waals surface area contributed by atoms with Crippen LogP contribution < -0.4 is 20.1 Å². The van der Waals surface area contributed by atoms with Crippen LogP contribution in [0.5, 0.6) is 11.5 Å². The summed E-state index contributed by atoms with van der Waals surface area (Å²) in [6.07, 6.45) is 3.06. The molecule has 9 atom stereocenters. The molecule has 3 aromatic carbocycles. The van der Waals surface area contributed by atoms with Crippen LogP contribution in [-0.2, 0) is 14.3 Å². The summed E-state index contributed by atoms with van der Waals surface area (Å²) in [6.45, 7) is 12.9. The molecular weight excluding hydrogens is 844 g/mol. The number of nitrogens with one attached hydrogen (secondary N) is 2. The molecule has 0 aromatic heterocycles. The summed E-state index contributed by atoms with van der Waals surface area (Å²) in [4.78, 5) is 72.7. The molecule has 3 heterocycles. The van der Waals surface area contributed by atoms with Gasteiger partial charge in [-0.15, -0.1) is 0 Å². The zero-order valence-corrected chi connectivity index (χ0v) is 37.8. The Morgan fingerprint density at radius 1 is 0.828 bits per heavy atom. The van der Waals surface area contributed by atoms with Crippen molar-refractivity contribution in [3.8, 4) is 11.5 Å². The Morgan fingerprint density at radius 2 is 1.47 bits per heavy atom. The summed E-state index contributed by atoms with van der Waals surface area (Å²) in [5, 5.41) is 39.7. The van der Waals surface area contributed by atoms with E-state index in [1.165, 1.54) is 52.2 Å². The van der Waals surface area contributed by atoms with Crippen molar-refractivity contribution in [3.63, 3.8) is 0 Å². The minimum absolute atomic E-state index is 0.0168. The number of esters is 1. The number of methoxy groups -OCH3 is 1.